The summed E-state index contributed by atoms with van der Waals surface area (Å²) in [6.07, 6.45) is 3.22. The number of aliphatic carboxylic acids is 1. The molecule has 1 aliphatic carbocycles. The van der Waals surface area contributed by atoms with E-state index in [-0.39, 0.29) is 6.42 Å². The van der Waals surface area contributed by atoms with Gasteiger partial charge in [0.2, 0.25) is 5.13 Å². The van der Waals surface area contributed by atoms with Crippen LogP contribution in [0.3, 0.4) is 0 Å². The molecule has 0 aliphatic heterocycles. The third-order valence-corrected chi connectivity index (χ3v) is 3.93. The molecule has 1 aromatic heterocycles. The van der Waals surface area contributed by atoms with Crippen molar-refractivity contribution in [1.29, 1.82) is 0 Å². The molecular weight excluding hydrogens is 268 g/mol. The molecule has 0 unspecified atom stereocenters. The molecule has 2 amide bonds. The van der Waals surface area contributed by atoms with Crippen molar-refractivity contribution >= 4 is 28.5 Å². The highest BCUT2D eigenvalue weighted by Gasteiger charge is 2.37. The lowest BCUT2D eigenvalue weighted by Gasteiger charge is -2.28. The molecule has 7 nitrogen and oxygen atoms in total. The normalized spacial score (nSPS) is 17.1. The summed E-state index contributed by atoms with van der Waals surface area (Å²) in [5, 5.41) is 23.1. The predicted molar refractivity (Wildman–Crippen MR) is 70.3 cm³/mol. The lowest BCUT2D eigenvalue weighted by molar-refractivity contribution is -0.138. The van der Waals surface area contributed by atoms with Gasteiger partial charge in [0.15, 0.2) is 0 Å². The molecule has 3 N–H and O–H groups in total. The summed E-state index contributed by atoms with van der Waals surface area (Å²) in [7, 11) is 0. The number of aryl methyl sites for hydroxylation is 1. The van der Waals surface area contributed by atoms with Gasteiger partial charge in [0, 0.05) is 0 Å². The van der Waals surface area contributed by atoms with Crippen molar-refractivity contribution in [2.75, 3.05) is 5.32 Å². The summed E-state index contributed by atoms with van der Waals surface area (Å²) in [6.45, 7) is 1.80. The Labute approximate surface area is 114 Å². The molecule has 1 aromatic rings. The smallest absolute Gasteiger partial charge is 0.321 e. The molecular formula is C11H16N4O3S. The van der Waals surface area contributed by atoms with Crippen molar-refractivity contribution in [3.63, 3.8) is 0 Å². The standard InChI is InChI=1S/C11H16N4O3S/c1-7-14-15-10(19-7)12-9(18)13-11(6-8(16)17)4-2-3-5-11/h2-6H2,1H3,(H,16,17)(H2,12,13,15,18). The molecule has 19 heavy (non-hydrogen) atoms. The number of nitrogens with one attached hydrogen (secondary N) is 2. The SMILES string of the molecule is Cc1nnc(NC(=O)NC2(CC(=O)O)CCCC2)s1. The monoisotopic (exact) mass is 284 g/mol. The number of carbonyl (C=O) groups is 2. The van der Waals surface area contributed by atoms with E-state index in [1.54, 1.807) is 6.92 Å². The van der Waals surface area contributed by atoms with E-state index in [0.29, 0.717) is 18.0 Å². The first-order valence-corrected chi connectivity index (χ1v) is 6.92. The highest BCUT2D eigenvalue weighted by atomic mass is 32.1. The van der Waals surface area contributed by atoms with Crippen LogP contribution in [0.25, 0.3) is 0 Å². The van der Waals surface area contributed by atoms with Gasteiger partial charge in [-0.15, -0.1) is 10.2 Å². The molecule has 1 heterocycles. The summed E-state index contributed by atoms with van der Waals surface area (Å²) >= 11 is 1.28. The number of carboxylic acids is 1. The fourth-order valence-corrected chi connectivity index (χ4v) is 2.99. The number of aromatic nitrogens is 2. The molecule has 1 fully saturated rings. The fraction of sp³-hybridized carbons (Fsp3) is 0.636. The Morgan fingerprint density at radius 3 is 2.58 bits per heavy atom. The first-order valence-electron chi connectivity index (χ1n) is 6.10. The van der Waals surface area contributed by atoms with Gasteiger partial charge in [-0.2, -0.15) is 0 Å². The van der Waals surface area contributed by atoms with E-state index in [1.165, 1.54) is 11.3 Å². The van der Waals surface area contributed by atoms with Crippen molar-refractivity contribution in [3.05, 3.63) is 5.01 Å². The Kier molecular flexibility index (Phi) is 3.98. The van der Waals surface area contributed by atoms with Crippen LogP contribution in [-0.4, -0.2) is 32.8 Å². The number of nitrogens with zero attached hydrogens (tertiary/aromatic N) is 2. The minimum atomic E-state index is -0.894. The highest BCUT2D eigenvalue weighted by molar-refractivity contribution is 7.15. The van der Waals surface area contributed by atoms with Crippen LogP contribution in [0.15, 0.2) is 0 Å². The maximum Gasteiger partial charge on any atom is 0.321 e. The molecule has 0 atom stereocenters. The Balaban J connectivity index is 1.97. The summed E-state index contributed by atoms with van der Waals surface area (Å²) in [5.41, 5.74) is -0.629. The van der Waals surface area contributed by atoms with Crippen LogP contribution in [0.2, 0.25) is 0 Å². The van der Waals surface area contributed by atoms with E-state index >= 15 is 0 Å². The van der Waals surface area contributed by atoms with Crippen LogP contribution < -0.4 is 10.6 Å². The minimum Gasteiger partial charge on any atom is -0.481 e. The van der Waals surface area contributed by atoms with Crippen molar-refractivity contribution < 1.29 is 14.7 Å². The summed E-state index contributed by atoms with van der Waals surface area (Å²) in [6, 6.07) is -0.417. The van der Waals surface area contributed by atoms with E-state index in [0.717, 1.165) is 17.8 Å². The van der Waals surface area contributed by atoms with Crippen molar-refractivity contribution in [3.8, 4) is 0 Å². The van der Waals surface area contributed by atoms with Gasteiger partial charge in [0.1, 0.15) is 5.01 Å². The number of hydrogen-bond donors (Lipinski definition) is 3. The molecule has 104 valence electrons. The number of hydrogen-bond acceptors (Lipinski definition) is 5. The Hall–Kier alpha value is -1.70. The lowest BCUT2D eigenvalue weighted by atomic mass is 9.93. The topological polar surface area (TPSA) is 104 Å². The average molecular weight is 284 g/mol. The third-order valence-electron chi connectivity index (χ3n) is 3.18. The van der Waals surface area contributed by atoms with Gasteiger partial charge in [0.05, 0.1) is 12.0 Å². The first kappa shape index (κ1) is 13.7. The number of amides is 2. The predicted octanol–water partition coefficient (Wildman–Crippen LogP) is 1.76. The zero-order valence-corrected chi connectivity index (χ0v) is 11.4. The highest BCUT2D eigenvalue weighted by Crippen LogP contribution is 2.32. The van der Waals surface area contributed by atoms with Gasteiger partial charge in [-0.3, -0.25) is 10.1 Å². The zero-order valence-electron chi connectivity index (χ0n) is 10.6. The second-order valence-electron chi connectivity index (χ2n) is 4.76. The first-order chi connectivity index (χ1) is 8.99. The molecule has 0 bridgehead atoms. The van der Waals surface area contributed by atoms with Crippen LogP contribution >= 0.6 is 11.3 Å². The van der Waals surface area contributed by atoms with Crippen LogP contribution in [0.4, 0.5) is 9.93 Å². The lowest BCUT2D eigenvalue weighted by Crippen LogP contribution is -2.49. The molecule has 0 radical (unpaired) electrons. The summed E-state index contributed by atoms with van der Waals surface area (Å²) in [5.74, 6) is -0.894. The molecule has 1 saturated carbocycles. The van der Waals surface area contributed by atoms with Crippen molar-refractivity contribution in [1.82, 2.24) is 15.5 Å². The van der Waals surface area contributed by atoms with E-state index in [2.05, 4.69) is 20.8 Å². The molecule has 0 saturated heterocycles. The minimum absolute atomic E-state index is 0.0461. The van der Waals surface area contributed by atoms with E-state index in [9.17, 15) is 9.59 Å². The van der Waals surface area contributed by atoms with E-state index in [4.69, 9.17) is 5.11 Å². The zero-order chi connectivity index (χ0) is 13.9. The van der Waals surface area contributed by atoms with Crippen molar-refractivity contribution in [2.24, 2.45) is 0 Å². The summed E-state index contributed by atoms with van der Waals surface area (Å²) in [4.78, 5) is 22.8. The Bertz CT molecular complexity index is 482. The second-order valence-corrected chi connectivity index (χ2v) is 5.94. The molecule has 2 rings (SSSR count). The van der Waals surface area contributed by atoms with Gasteiger partial charge in [-0.1, -0.05) is 24.2 Å². The number of carboxylic acid groups (broad SMARTS) is 1. The van der Waals surface area contributed by atoms with Gasteiger partial charge < -0.3 is 10.4 Å². The van der Waals surface area contributed by atoms with E-state index in [1.807, 2.05) is 0 Å². The third kappa shape index (κ3) is 3.63. The van der Waals surface area contributed by atoms with E-state index < -0.39 is 17.5 Å². The quantitative estimate of drug-likeness (QED) is 0.781. The van der Waals surface area contributed by atoms with Crippen LogP contribution in [-0.2, 0) is 4.79 Å². The van der Waals surface area contributed by atoms with Crippen LogP contribution in [0, 0.1) is 6.92 Å². The molecule has 0 spiro atoms. The fourth-order valence-electron chi connectivity index (χ4n) is 2.40. The summed E-state index contributed by atoms with van der Waals surface area (Å²) < 4.78 is 0. The Morgan fingerprint density at radius 1 is 1.37 bits per heavy atom. The average Bonchev–Trinajstić information content (AvgIpc) is 2.87. The maximum absolute atomic E-state index is 11.9. The molecule has 0 aromatic carbocycles. The second kappa shape index (κ2) is 5.52. The number of carbonyl (C=O) groups excluding carboxylic acids is 1. The Morgan fingerprint density at radius 2 is 2.05 bits per heavy atom. The van der Waals surface area contributed by atoms with Gasteiger partial charge in [-0.05, 0) is 19.8 Å². The number of anilines is 1. The maximum atomic E-state index is 11.9. The van der Waals surface area contributed by atoms with Gasteiger partial charge in [-0.25, -0.2) is 4.79 Å². The molecule has 1 aliphatic rings. The van der Waals surface area contributed by atoms with Crippen LogP contribution in [0.1, 0.15) is 37.1 Å². The van der Waals surface area contributed by atoms with Crippen molar-refractivity contribution in [2.45, 2.75) is 44.6 Å². The molecule has 8 heteroatoms. The van der Waals surface area contributed by atoms with Gasteiger partial charge >= 0.3 is 12.0 Å². The van der Waals surface area contributed by atoms with Gasteiger partial charge in [0.25, 0.3) is 0 Å². The largest absolute Gasteiger partial charge is 0.481 e. The number of rotatable bonds is 4. The number of urea groups is 1. The van der Waals surface area contributed by atoms with Crippen LogP contribution in [0.5, 0.6) is 0 Å².